The van der Waals surface area contributed by atoms with Gasteiger partial charge in [-0.2, -0.15) is 0 Å². The van der Waals surface area contributed by atoms with E-state index >= 15 is 0 Å². The monoisotopic (exact) mass is 450 g/mol. The molecular formula is C21H26N2O7S. The lowest BCUT2D eigenvalue weighted by Crippen LogP contribution is -2.54. The van der Waals surface area contributed by atoms with Gasteiger partial charge in [-0.25, -0.2) is 13.9 Å². The van der Waals surface area contributed by atoms with E-state index in [-0.39, 0.29) is 43.5 Å². The van der Waals surface area contributed by atoms with Crippen LogP contribution in [-0.4, -0.2) is 56.6 Å². The molecule has 1 heterocycles. The lowest BCUT2D eigenvalue weighted by Gasteiger charge is -2.34. The van der Waals surface area contributed by atoms with E-state index < -0.39 is 20.5 Å². The lowest BCUT2D eigenvalue weighted by atomic mass is 9.98. The largest absolute Gasteiger partial charge is 0.492 e. The molecular weight excluding hydrogens is 424 g/mol. The van der Waals surface area contributed by atoms with Gasteiger partial charge in [0, 0.05) is 19.6 Å². The molecule has 0 aromatic heterocycles. The minimum absolute atomic E-state index is 0.0444. The van der Waals surface area contributed by atoms with Crippen LogP contribution in [0.3, 0.4) is 0 Å². The van der Waals surface area contributed by atoms with Gasteiger partial charge in [0.05, 0.1) is 11.4 Å². The normalized spacial score (nSPS) is 17.6. The maximum absolute atomic E-state index is 13.2. The molecule has 3 N–H and O–H groups in total. The number of carbonyl (C=O) groups excluding carboxylic acids is 2. The summed E-state index contributed by atoms with van der Waals surface area (Å²) in [7, 11) is -4.07. The van der Waals surface area contributed by atoms with Gasteiger partial charge >= 0.3 is 0 Å². The van der Waals surface area contributed by atoms with Crippen LogP contribution in [0.15, 0.2) is 53.0 Å². The van der Waals surface area contributed by atoms with Gasteiger partial charge in [-0.3, -0.25) is 14.8 Å². The Labute approximate surface area is 181 Å². The molecule has 0 atom stereocenters. The van der Waals surface area contributed by atoms with E-state index in [9.17, 15) is 18.0 Å². The summed E-state index contributed by atoms with van der Waals surface area (Å²) >= 11 is 0. The summed E-state index contributed by atoms with van der Waals surface area (Å²) < 4.78 is 35.3. The van der Waals surface area contributed by atoms with Gasteiger partial charge in [0.1, 0.15) is 12.4 Å². The van der Waals surface area contributed by atoms with Gasteiger partial charge in [0.2, 0.25) is 5.91 Å². The van der Waals surface area contributed by atoms with Gasteiger partial charge in [0.25, 0.3) is 5.91 Å². The number of allylic oxidation sites excluding steroid dienone is 3. The van der Waals surface area contributed by atoms with Gasteiger partial charge in [-0.15, -0.1) is 0 Å². The first-order valence-corrected chi connectivity index (χ1v) is 11.5. The third-order valence-electron chi connectivity index (χ3n) is 5.39. The summed E-state index contributed by atoms with van der Waals surface area (Å²) in [5.41, 5.74) is 2.55. The highest BCUT2D eigenvalue weighted by Crippen LogP contribution is 2.35. The van der Waals surface area contributed by atoms with E-state index in [0.29, 0.717) is 18.7 Å². The number of hydroxylamine groups is 1. The van der Waals surface area contributed by atoms with E-state index in [4.69, 9.17) is 14.7 Å². The number of sulfone groups is 1. The number of amides is 2. The van der Waals surface area contributed by atoms with Crippen LogP contribution in [0.25, 0.3) is 0 Å². The van der Waals surface area contributed by atoms with Crippen molar-refractivity contribution in [2.75, 3.05) is 26.4 Å². The molecule has 1 aromatic rings. The lowest BCUT2D eigenvalue weighted by molar-refractivity contribution is -0.134. The van der Waals surface area contributed by atoms with Crippen LogP contribution in [0.1, 0.15) is 25.7 Å². The second-order valence-electron chi connectivity index (χ2n) is 7.35. The van der Waals surface area contributed by atoms with Crippen molar-refractivity contribution >= 4 is 21.7 Å². The molecule has 10 heteroatoms. The summed E-state index contributed by atoms with van der Waals surface area (Å²) in [5.74, 6) is -0.608. The van der Waals surface area contributed by atoms with Crippen molar-refractivity contribution in [1.82, 2.24) is 10.8 Å². The Bertz CT molecular complexity index is 962. The molecule has 2 aliphatic rings. The zero-order chi connectivity index (χ0) is 22.3. The average Bonchev–Trinajstić information content (AvgIpc) is 3.29. The van der Waals surface area contributed by atoms with Crippen LogP contribution in [0.4, 0.5) is 0 Å². The number of ether oxygens (including phenoxy) is 2. The smallest absolute Gasteiger partial charge is 0.265 e. The van der Waals surface area contributed by atoms with Gasteiger partial charge < -0.3 is 14.8 Å². The summed E-state index contributed by atoms with van der Waals surface area (Å²) in [5, 5.41) is 11.9. The van der Waals surface area contributed by atoms with Crippen LogP contribution < -0.4 is 15.5 Å². The Balaban J connectivity index is 1.56. The maximum atomic E-state index is 13.2. The molecule has 0 radical (unpaired) electrons. The second-order valence-corrected chi connectivity index (χ2v) is 9.61. The molecule has 1 saturated heterocycles. The molecule has 31 heavy (non-hydrogen) atoms. The van der Waals surface area contributed by atoms with Crippen LogP contribution >= 0.6 is 0 Å². The highest BCUT2D eigenvalue weighted by Gasteiger charge is 2.52. The standard InChI is InChI=1S/C21H26N2O7S/c24-19(15-16-3-1-2-4-16)22-11-14-30-17-5-7-18(8-6-17)31(27,28)21(20(25)23-26)9-12-29-13-10-21/h1-3,5-8,26H,4,9-15H2,(H,22,24)(H,23,25). The molecule has 9 nitrogen and oxygen atoms in total. The van der Waals surface area contributed by atoms with E-state index in [0.717, 1.165) is 12.0 Å². The molecule has 2 amide bonds. The zero-order valence-corrected chi connectivity index (χ0v) is 17.8. The molecule has 1 aliphatic carbocycles. The molecule has 168 valence electrons. The third kappa shape index (κ3) is 5.15. The summed E-state index contributed by atoms with van der Waals surface area (Å²) in [6.45, 7) is 0.753. The third-order valence-corrected chi connectivity index (χ3v) is 7.91. The van der Waals surface area contributed by atoms with Crippen molar-refractivity contribution in [3.05, 3.63) is 48.1 Å². The van der Waals surface area contributed by atoms with Crippen molar-refractivity contribution in [2.45, 2.75) is 35.3 Å². The Hall–Kier alpha value is -2.69. The fourth-order valence-electron chi connectivity index (χ4n) is 3.61. The number of hydrogen-bond donors (Lipinski definition) is 3. The quantitative estimate of drug-likeness (QED) is 0.293. The maximum Gasteiger partial charge on any atom is 0.265 e. The Kier molecular flexibility index (Phi) is 7.47. The Morgan fingerprint density at radius 3 is 2.48 bits per heavy atom. The molecule has 3 rings (SSSR count). The van der Waals surface area contributed by atoms with Crippen molar-refractivity contribution in [3.63, 3.8) is 0 Å². The first-order valence-electron chi connectivity index (χ1n) is 10.00. The van der Waals surface area contributed by atoms with Gasteiger partial charge in [-0.05, 0) is 43.5 Å². The van der Waals surface area contributed by atoms with E-state index in [1.807, 2.05) is 18.2 Å². The molecule has 0 bridgehead atoms. The molecule has 1 aliphatic heterocycles. The van der Waals surface area contributed by atoms with Crippen LogP contribution in [-0.2, 0) is 24.2 Å². The predicted octanol–water partition coefficient (Wildman–Crippen LogP) is 1.29. The minimum Gasteiger partial charge on any atom is -0.492 e. The van der Waals surface area contributed by atoms with Gasteiger partial charge in [0.15, 0.2) is 14.6 Å². The van der Waals surface area contributed by atoms with Crippen LogP contribution in [0.5, 0.6) is 5.75 Å². The molecule has 0 saturated carbocycles. The predicted molar refractivity (Wildman–Crippen MR) is 111 cm³/mol. The first kappa shape index (κ1) is 23.0. The Morgan fingerprint density at radius 2 is 1.87 bits per heavy atom. The fraction of sp³-hybridized carbons (Fsp3) is 0.429. The second kappa shape index (κ2) is 10.1. The minimum atomic E-state index is -4.07. The molecule has 0 spiro atoms. The number of benzene rings is 1. The van der Waals surface area contributed by atoms with Crippen LogP contribution in [0.2, 0.25) is 0 Å². The molecule has 1 aromatic carbocycles. The number of hydrogen-bond acceptors (Lipinski definition) is 7. The summed E-state index contributed by atoms with van der Waals surface area (Å²) in [6, 6.07) is 5.72. The van der Waals surface area contributed by atoms with Crippen molar-refractivity contribution in [2.24, 2.45) is 0 Å². The highest BCUT2D eigenvalue weighted by atomic mass is 32.2. The SMILES string of the molecule is O=C(CC1=CC=CC1)NCCOc1ccc(S(=O)(=O)C2(C(=O)NO)CCOCC2)cc1. The van der Waals surface area contributed by atoms with Crippen molar-refractivity contribution < 1.29 is 32.7 Å². The topological polar surface area (TPSA) is 131 Å². The van der Waals surface area contributed by atoms with Crippen molar-refractivity contribution in [3.8, 4) is 5.75 Å². The van der Waals surface area contributed by atoms with Gasteiger partial charge in [-0.1, -0.05) is 23.8 Å². The summed E-state index contributed by atoms with van der Waals surface area (Å²) in [6.07, 6.45) is 6.91. The van der Waals surface area contributed by atoms with E-state index in [2.05, 4.69) is 5.32 Å². The fourth-order valence-corrected chi connectivity index (χ4v) is 5.55. The number of carbonyl (C=O) groups is 2. The number of rotatable bonds is 9. The number of nitrogens with one attached hydrogen (secondary N) is 2. The van der Waals surface area contributed by atoms with E-state index in [1.165, 1.54) is 29.7 Å². The Morgan fingerprint density at radius 1 is 1.16 bits per heavy atom. The summed E-state index contributed by atoms with van der Waals surface area (Å²) in [4.78, 5) is 24.1. The first-order chi connectivity index (χ1) is 14.9. The average molecular weight is 451 g/mol. The van der Waals surface area contributed by atoms with E-state index in [1.54, 1.807) is 0 Å². The zero-order valence-electron chi connectivity index (χ0n) is 17.0. The highest BCUT2D eigenvalue weighted by molar-refractivity contribution is 7.93. The van der Waals surface area contributed by atoms with Crippen molar-refractivity contribution in [1.29, 1.82) is 0 Å². The molecule has 0 unspecified atom stereocenters. The van der Waals surface area contributed by atoms with Crippen LogP contribution in [0, 0.1) is 0 Å². The molecule has 1 fully saturated rings.